The summed E-state index contributed by atoms with van der Waals surface area (Å²) in [4.78, 5) is 10.6. The highest BCUT2D eigenvalue weighted by molar-refractivity contribution is 5.66. The molecule has 2 aliphatic carbocycles. The van der Waals surface area contributed by atoms with E-state index in [0.29, 0.717) is 18.3 Å². The molecule has 0 spiro atoms. The van der Waals surface area contributed by atoms with Crippen LogP contribution in [0.3, 0.4) is 0 Å². The van der Waals surface area contributed by atoms with Gasteiger partial charge in [-0.2, -0.15) is 0 Å². The van der Waals surface area contributed by atoms with Gasteiger partial charge in [0.2, 0.25) is 0 Å². The number of aliphatic hydroxyl groups excluding tert-OH is 2. The van der Waals surface area contributed by atoms with E-state index in [0.717, 1.165) is 51.4 Å². The Labute approximate surface area is 157 Å². The molecule has 0 bridgehead atoms. The first kappa shape index (κ1) is 20.9. The van der Waals surface area contributed by atoms with Crippen LogP contribution in [0.15, 0.2) is 36.0 Å². The summed E-state index contributed by atoms with van der Waals surface area (Å²) in [5, 5.41) is 27.9. The Bertz CT molecular complexity index is 520. The second kappa shape index (κ2) is 11.3. The molecule has 3 N–H and O–H groups in total. The molecule has 0 aromatic heterocycles. The number of carboxylic acids is 1. The number of allylic oxidation sites excluding steroid dienone is 5. The number of carbonyl (C=O) groups is 1. The molecule has 1 fully saturated rings. The topological polar surface area (TPSA) is 77.8 Å². The van der Waals surface area contributed by atoms with Crippen LogP contribution in [0.25, 0.3) is 0 Å². The number of hydrogen-bond acceptors (Lipinski definition) is 3. The lowest BCUT2D eigenvalue weighted by Crippen LogP contribution is -2.20. The zero-order chi connectivity index (χ0) is 18.8. The first-order valence-corrected chi connectivity index (χ1v) is 10.2. The summed E-state index contributed by atoms with van der Waals surface area (Å²) in [5.74, 6) is 0.490. The fourth-order valence-corrected chi connectivity index (χ4v) is 4.30. The molecule has 4 atom stereocenters. The normalized spacial score (nSPS) is 28.6. The molecule has 146 valence electrons. The van der Waals surface area contributed by atoms with Gasteiger partial charge in [0.1, 0.15) is 0 Å². The van der Waals surface area contributed by atoms with E-state index in [-0.39, 0.29) is 25.0 Å². The molecule has 0 saturated heterocycles. The lowest BCUT2D eigenvalue weighted by molar-refractivity contribution is -0.136. The SMILES string of the molecule is O=C(O)CCC=CC1=C[C@@H]2C[C@@H](O)[C@@H](C=CCCCCCCO)[C@H]2CC1. The van der Waals surface area contributed by atoms with Crippen molar-refractivity contribution < 1.29 is 20.1 Å². The molecule has 2 aliphatic rings. The van der Waals surface area contributed by atoms with Crippen molar-refractivity contribution >= 4 is 5.97 Å². The average Bonchev–Trinajstić information content (AvgIpc) is 2.92. The summed E-state index contributed by atoms with van der Waals surface area (Å²) < 4.78 is 0. The van der Waals surface area contributed by atoms with Gasteiger partial charge in [-0.05, 0) is 56.8 Å². The van der Waals surface area contributed by atoms with Gasteiger partial charge in [0.15, 0.2) is 0 Å². The van der Waals surface area contributed by atoms with E-state index in [4.69, 9.17) is 10.2 Å². The van der Waals surface area contributed by atoms with Crippen LogP contribution in [-0.4, -0.2) is 34.0 Å². The molecule has 0 amide bonds. The first-order chi connectivity index (χ1) is 12.6. The van der Waals surface area contributed by atoms with Gasteiger partial charge in [0.25, 0.3) is 0 Å². The van der Waals surface area contributed by atoms with E-state index in [1.54, 1.807) is 0 Å². The first-order valence-electron chi connectivity index (χ1n) is 10.2. The predicted molar refractivity (Wildman–Crippen MR) is 104 cm³/mol. The van der Waals surface area contributed by atoms with E-state index in [2.05, 4.69) is 24.3 Å². The van der Waals surface area contributed by atoms with Crippen molar-refractivity contribution in [1.29, 1.82) is 0 Å². The van der Waals surface area contributed by atoms with Crippen LogP contribution >= 0.6 is 0 Å². The Morgan fingerprint density at radius 3 is 2.73 bits per heavy atom. The molecule has 4 nitrogen and oxygen atoms in total. The van der Waals surface area contributed by atoms with Crippen LogP contribution in [-0.2, 0) is 4.79 Å². The van der Waals surface area contributed by atoms with Crippen molar-refractivity contribution in [2.75, 3.05) is 6.61 Å². The van der Waals surface area contributed by atoms with E-state index < -0.39 is 5.97 Å². The molecule has 0 unspecified atom stereocenters. The molecule has 26 heavy (non-hydrogen) atoms. The number of unbranched alkanes of at least 4 members (excludes halogenated alkanes) is 4. The smallest absolute Gasteiger partial charge is 0.303 e. The van der Waals surface area contributed by atoms with Crippen molar-refractivity contribution in [3.8, 4) is 0 Å². The van der Waals surface area contributed by atoms with Crippen molar-refractivity contribution in [2.24, 2.45) is 17.8 Å². The number of fused-ring (bicyclic) bond motifs is 1. The highest BCUT2D eigenvalue weighted by Gasteiger charge is 2.41. The van der Waals surface area contributed by atoms with Gasteiger partial charge in [-0.1, -0.05) is 48.8 Å². The molecule has 0 aromatic carbocycles. The molecular weight excluding hydrogens is 328 g/mol. The third kappa shape index (κ3) is 6.73. The van der Waals surface area contributed by atoms with Crippen LogP contribution in [0, 0.1) is 17.8 Å². The van der Waals surface area contributed by atoms with Crippen LogP contribution in [0.1, 0.15) is 64.2 Å². The Hall–Kier alpha value is -1.39. The lowest BCUT2D eigenvalue weighted by atomic mass is 9.79. The molecular formula is C22H34O4. The van der Waals surface area contributed by atoms with Crippen molar-refractivity contribution in [2.45, 2.75) is 70.3 Å². The minimum Gasteiger partial charge on any atom is -0.481 e. The maximum atomic E-state index is 10.6. The molecule has 0 radical (unpaired) electrons. The predicted octanol–water partition coefficient (Wildman–Crippen LogP) is 4.24. The molecule has 4 heteroatoms. The number of carboxylic acid groups (broad SMARTS) is 1. The standard InChI is InChI=1S/C22H34O4/c23-14-8-4-2-1-3-5-10-20-19-13-12-17(9-6-7-11-22(25)26)15-18(19)16-21(20)24/h5-6,9-10,15,18-21,23-24H,1-4,7-8,11-14,16H2,(H,25,26)/t18-,19+,20+,21-/m1/s1. The monoisotopic (exact) mass is 362 g/mol. The van der Waals surface area contributed by atoms with Gasteiger partial charge >= 0.3 is 5.97 Å². The van der Waals surface area contributed by atoms with Gasteiger partial charge in [-0.15, -0.1) is 0 Å². The summed E-state index contributed by atoms with van der Waals surface area (Å²) in [6.07, 6.45) is 19.6. The Kier molecular flexibility index (Phi) is 9.13. The number of aliphatic hydroxyl groups is 2. The van der Waals surface area contributed by atoms with E-state index in [1.165, 1.54) is 5.57 Å². The van der Waals surface area contributed by atoms with E-state index in [9.17, 15) is 9.90 Å². The Balaban J connectivity index is 1.79. The zero-order valence-corrected chi connectivity index (χ0v) is 15.7. The fourth-order valence-electron chi connectivity index (χ4n) is 4.30. The van der Waals surface area contributed by atoms with Crippen molar-refractivity contribution in [3.05, 3.63) is 36.0 Å². The maximum Gasteiger partial charge on any atom is 0.303 e. The summed E-state index contributed by atoms with van der Waals surface area (Å²) in [5.41, 5.74) is 1.29. The molecule has 0 aliphatic heterocycles. The second-order valence-electron chi connectivity index (χ2n) is 7.68. The Morgan fingerprint density at radius 1 is 1.15 bits per heavy atom. The molecule has 0 heterocycles. The van der Waals surface area contributed by atoms with Gasteiger partial charge < -0.3 is 15.3 Å². The number of rotatable bonds is 11. The van der Waals surface area contributed by atoms with Crippen molar-refractivity contribution in [3.63, 3.8) is 0 Å². The van der Waals surface area contributed by atoms with Gasteiger partial charge in [-0.25, -0.2) is 0 Å². The second-order valence-corrected chi connectivity index (χ2v) is 7.68. The highest BCUT2D eigenvalue weighted by Crippen LogP contribution is 2.45. The van der Waals surface area contributed by atoms with Crippen LogP contribution in [0.4, 0.5) is 0 Å². The minimum absolute atomic E-state index is 0.182. The molecule has 0 aromatic rings. The number of aliphatic carboxylic acids is 1. The quantitative estimate of drug-likeness (QED) is 0.379. The van der Waals surface area contributed by atoms with Crippen molar-refractivity contribution in [1.82, 2.24) is 0 Å². The summed E-state index contributed by atoms with van der Waals surface area (Å²) >= 11 is 0. The van der Waals surface area contributed by atoms with E-state index >= 15 is 0 Å². The lowest BCUT2D eigenvalue weighted by Gasteiger charge is -2.26. The summed E-state index contributed by atoms with van der Waals surface area (Å²) in [6, 6.07) is 0. The maximum absolute atomic E-state index is 10.6. The molecule has 1 saturated carbocycles. The van der Waals surface area contributed by atoms with Gasteiger partial charge in [-0.3, -0.25) is 4.79 Å². The zero-order valence-electron chi connectivity index (χ0n) is 15.7. The minimum atomic E-state index is -0.755. The third-order valence-corrected chi connectivity index (χ3v) is 5.69. The average molecular weight is 363 g/mol. The van der Waals surface area contributed by atoms with Gasteiger partial charge in [0, 0.05) is 18.9 Å². The van der Waals surface area contributed by atoms with Crippen LogP contribution < -0.4 is 0 Å². The largest absolute Gasteiger partial charge is 0.481 e. The van der Waals surface area contributed by atoms with Crippen LogP contribution in [0.2, 0.25) is 0 Å². The highest BCUT2D eigenvalue weighted by atomic mass is 16.4. The van der Waals surface area contributed by atoms with Crippen LogP contribution in [0.5, 0.6) is 0 Å². The third-order valence-electron chi connectivity index (χ3n) is 5.69. The Morgan fingerprint density at radius 2 is 1.96 bits per heavy atom. The fraction of sp³-hybridized carbons (Fsp3) is 0.682. The summed E-state index contributed by atoms with van der Waals surface area (Å²) in [6.45, 7) is 0.289. The molecule has 2 rings (SSSR count). The van der Waals surface area contributed by atoms with Gasteiger partial charge in [0.05, 0.1) is 6.10 Å². The summed E-state index contributed by atoms with van der Waals surface area (Å²) in [7, 11) is 0. The van der Waals surface area contributed by atoms with E-state index in [1.807, 2.05) is 6.08 Å². The number of hydrogen-bond donors (Lipinski definition) is 3.